The highest BCUT2D eigenvalue weighted by molar-refractivity contribution is 7.90. The molecule has 0 aliphatic heterocycles. The van der Waals surface area contributed by atoms with Gasteiger partial charge in [0.1, 0.15) is 0 Å². The molecule has 27 heavy (non-hydrogen) atoms. The van der Waals surface area contributed by atoms with Gasteiger partial charge >= 0.3 is 15.5 Å². The molecule has 0 heterocycles. The number of halogens is 3. The Hall–Kier alpha value is -1.31. The average Bonchev–Trinajstić information content (AvgIpc) is 2.57. The van der Waals surface area contributed by atoms with Gasteiger partial charge in [-0.15, -0.1) is 0 Å². The van der Waals surface area contributed by atoms with E-state index in [9.17, 15) is 26.4 Å². The minimum absolute atomic E-state index is 0.222. The van der Waals surface area contributed by atoms with Crippen LogP contribution in [-0.4, -0.2) is 19.8 Å². The number of nitrogens with one attached hydrogen (secondary N) is 1. The van der Waals surface area contributed by atoms with Gasteiger partial charge in [-0.05, 0) is 38.5 Å². The molecule has 0 spiro atoms. The third-order valence-electron chi connectivity index (χ3n) is 3.91. The van der Waals surface area contributed by atoms with Gasteiger partial charge in [0.25, 0.3) is 0 Å². The van der Waals surface area contributed by atoms with Crippen LogP contribution in [0.3, 0.4) is 0 Å². The third-order valence-corrected chi connectivity index (χ3v) is 5.01. The van der Waals surface area contributed by atoms with E-state index in [0.29, 0.717) is 12.8 Å². The molecular weight excluding hydrogens is 379 g/mol. The van der Waals surface area contributed by atoms with Crippen LogP contribution in [0.15, 0.2) is 24.3 Å². The lowest BCUT2D eigenvalue weighted by Gasteiger charge is -2.09. The van der Waals surface area contributed by atoms with Crippen LogP contribution in [-0.2, 0) is 14.8 Å². The summed E-state index contributed by atoms with van der Waals surface area (Å²) in [6.07, 6.45) is 19.2. The van der Waals surface area contributed by atoms with Crippen molar-refractivity contribution in [3.05, 3.63) is 24.3 Å². The number of carbonyl (C=O) groups is 1. The zero-order valence-electron chi connectivity index (χ0n) is 16.1. The van der Waals surface area contributed by atoms with E-state index in [1.165, 1.54) is 19.3 Å². The molecule has 0 aromatic heterocycles. The van der Waals surface area contributed by atoms with Crippen LogP contribution >= 0.6 is 0 Å². The Bertz CT molecular complexity index is 555. The van der Waals surface area contributed by atoms with Crippen molar-refractivity contribution in [2.75, 3.05) is 0 Å². The summed E-state index contributed by atoms with van der Waals surface area (Å²) in [5, 5.41) is 0. The minimum atomic E-state index is -5.58. The first-order chi connectivity index (χ1) is 12.7. The summed E-state index contributed by atoms with van der Waals surface area (Å²) in [4.78, 5) is 11.2. The summed E-state index contributed by atoms with van der Waals surface area (Å²) in [5.74, 6) is -1.11. The van der Waals surface area contributed by atoms with Crippen molar-refractivity contribution in [3.63, 3.8) is 0 Å². The molecule has 0 aromatic rings. The van der Waals surface area contributed by atoms with Crippen molar-refractivity contribution in [3.8, 4) is 0 Å². The lowest BCUT2D eigenvalue weighted by Crippen LogP contribution is -2.40. The Labute approximate surface area is 161 Å². The molecule has 1 amide bonds. The van der Waals surface area contributed by atoms with Gasteiger partial charge in [-0.25, -0.2) is 4.72 Å². The highest BCUT2D eigenvalue weighted by atomic mass is 32.2. The van der Waals surface area contributed by atoms with Crippen LogP contribution in [0.4, 0.5) is 13.2 Å². The number of sulfonamides is 1. The second-order valence-corrected chi connectivity index (χ2v) is 8.13. The molecule has 8 heteroatoms. The number of unbranched alkanes of at least 4 members (excludes halogenated alkanes) is 8. The first kappa shape index (κ1) is 25.7. The molecular formula is C19H32F3NO3S. The van der Waals surface area contributed by atoms with Gasteiger partial charge in [0.15, 0.2) is 0 Å². The van der Waals surface area contributed by atoms with E-state index in [4.69, 9.17) is 0 Å². The fourth-order valence-electron chi connectivity index (χ4n) is 2.36. The maximum absolute atomic E-state index is 12.1. The molecule has 0 aliphatic carbocycles. The SMILES string of the molecule is CCCCC/C=C/C/C=C/CCCCCCCC(=O)NS(=O)(=O)C(F)(F)F. The molecule has 0 aromatic carbocycles. The maximum atomic E-state index is 12.1. The van der Waals surface area contributed by atoms with E-state index in [0.717, 1.165) is 43.2 Å². The highest BCUT2D eigenvalue weighted by Gasteiger charge is 2.46. The van der Waals surface area contributed by atoms with Gasteiger partial charge in [0, 0.05) is 6.42 Å². The van der Waals surface area contributed by atoms with Gasteiger partial charge in [0.2, 0.25) is 5.91 Å². The lowest BCUT2D eigenvalue weighted by atomic mass is 10.1. The minimum Gasteiger partial charge on any atom is -0.274 e. The quantitative estimate of drug-likeness (QED) is 0.275. The largest absolute Gasteiger partial charge is 0.516 e. The first-order valence-corrected chi connectivity index (χ1v) is 11.1. The van der Waals surface area contributed by atoms with Crippen LogP contribution in [0.1, 0.15) is 84.0 Å². The van der Waals surface area contributed by atoms with Gasteiger partial charge < -0.3 is 0 Å². The van der Waals surface area contributed by atoms with Crippen molar-refractivity contribution in [1.29, 1.82) is 0 Å². The monoisotopic (exact) mass is 411 g/mol. The van der Waals surface area contributed by atoms with Gasteiger partial charge in [-0.3, -0.25) is 4.79 Å². The van der Waals surface area contributed by atoms with Crippen LogP contribution in [0.25, 0.3) is 0 Å². The number of hydrogen-bond donors (Lipinski definition) is 1. The molecule has 0 radical (unpaired) electrons. The zero-order chi connectivity index (χ0) is 20.6. The molecule has 0 saturated carbocycles. The number of allylic oxidation sites excluding steroid dienone is 4. The Morgan fingerprint density at radius 2 is 1.37 bits per heavy atom. The summed E-state index contributed by atoms with van der Waals surface area (Å²) in [7, 11) is -5.58. The van der Waals surface area contributed by atoms with Gasteiger partial charge in [-0.2, -0.15) is 21.6 Å². The average molecular weight is 412 g/mol. The Balaban J connectivity index is 3.57. The molecule has 0 atom stereocenters. The lowest BCUT2D eigenvalue weighted by molar-refractivity contribution is -0.120. The smallest absolute Gasteiger partial charge is 0.274 e. The van der Waals surface area contributed by atoms with Crippen molar-refractivity contribution in [1.82, 2.24) is 4.72 Å². The predicted octanol–water partition coefficient (Wildman–Crippen LogP) is 5.77. The fourth-order valence-corrected chi connectivity index (χ4v) is 2.87. The van der Waals surface area contributed by atoms with Gasteiger partial charge in [-0.1, -0.05) is 63.3 Å². The standard InChI is InChI=1S/C19H32F3NO3S/c1-2-3-4-5-6-7-8-9-10-11-12-13-14-15-16-17-18(24)23-27(25,26)19(20,21)22/h6-7,9-10H,2-5,8,11-17H2,1H3,(H,23,24)/b7-6+,10-9+. The zero-order valence-corrected chi connectivity index (χ0v) is 16.9. The number of alkyl halides is 3. The molecule has 0 rings (SSSR count). The van der Waals surface area contributed by atoms with E-state index in [1.807, 2.05) is 0 Å². The number of hydrogen-bond acceptors (Lipinski definition) is 3. The third kappa shape index (κ3) is 14.4. The maximum Gasteiger partial charge on any atom is 0.516 e. The second-order valence-electron chi connectivity index (χ2n) is 6.46. The van der Waals surface area contributed by atoms with Gasteiger partial charge in [0.05, 0.1) is 0 Å². The van der Waals surface area contributed by atoms with Crippen LogP contribution in [0, 0.1) is 0 Å². The van der Waals surface area contributed by atoms with Crippen LogP contribution in [0.2, 0.25) is 0 Å². The van der Waals surface area contributed by atoms with Crippen molar-refractivity contribution in [2.24, 2.45) is 0 Å². The summed E-state index contributed by atoms with van der Waals surface area (Å²) in [6, 6.07) is 0. The Morgan fingerprint density at radius 1 is 0.852 bits per heavy atom. The van der Waals surface area contributed by atoms with E-state index in [1.54, 1.807) is 0 Å². The molecule has 0 aliphatic rings. The summed E-state index contributed by atoms with van der Waals surface area (Å²) < 4.78 is 58.9. The predicted molar refractivity (Wildman–Crippen MR) is 102 cm³/mol. The molecule has 4 nitrogen and oxygen atoms in total. The Morgan fingerprint density at radius 3 is 1.93 bits per heavy atom. The topological polar surface area (TPSA) is 63.2 Å². The molecule has 0 unspecified atom stereocenters. The molecule has 0 bridgehead atoms. The summed E-state index contributed by atoms with van der Waals surface area (Å²) in [6.45, 7) is 2.19. The van der Waals surface area contributed by atoms with Crippen molar-refractivity contribution >= 4 is 15.9 Å². The highest BCUT2D eigenvalue weighted by Crippen LogP contribution is 2.21. The van der Waals surface area contributed by atoms with Crippen LogP contribution < -0.4 is 4.72 Å². The van der Waals surface area contributed by atoms with E-state index in [-0.39, 0.29) is 6.42 Å². The molecule has 1 N–H and O–H groups in total. The normalized spacial score (nSPS) is 12.9. The first-order valence-electron chi connectivity index (χ1n) is 9.62. The number of amides is 1. The molecule has 0 saturated heterocycles. The van der Waals surface area contributed by atoms with Crippen LogP contribution in [0.5, 0.6) is 0 Å². The number of carbonyl (C=O) groups excluding carboxylic acids is 1. The fraction of sp³-hybridized carbons (Fsp3) is 0.737. The van der Waals surface area contributed by atoms with E-state index >= 15 is 0 Å². The molecule has 0 fully saturated rings. The van der Waals surface area contributed by atoms with Crippen molar-refractivity contribution in [2.45, 2.75) is 89.5 Å². The second kappa shape index (κ2) is 14.7. The Kier molecular flexibility index (Phi) is 14.0. The summed E-state index contributed by atoms with van der Waals surface area (Å²) in [5.41, 5.74) is -5.46. The number of rotatable bonds is 15. The summed E-state index contributed by atoms with van der Waals surface area (Å²) >= 11 is 0. The van der Waals surface area contributed by atoms with E-state index in [2.05, 4.69) is 31.2 Å². The van der Waals surface area contributed by atoms with E-state index < -0.39 is 21.4 Å². The van der Waals surface area contributed by atoms with Crippen molar-refractivity contribution < 1.29 is 26.4 Å². The molecule has 158 valence electrons.